The van der Waals surface area contributed by atoms with Gasteiger partial charge in [-0.2, -0.15) is 0 Å². The maximum atomic E-state index is 12.8. The molecule has 8 nitrogen and oxygen atoms in total. The lowest BCUT2D eigenvalue weighted by Crippen LogP contribution is -2.32. The summed E-state index contributed by atoms with van der Waals surface area (Å²) in [6.07, 6.45) is 0. The highest BCUT2D eigenvalue weighted by molar-refractivity contribution is 7.89. The number of hydrogen-bond donors (Lipinski definition) is 2. The van der Waals surface area contributed by atoms with Crippen LogP contribution in [0, 0.1) is 5.82 Å². The fourth-order valence-corrected chi connectivity index (χ4v) is 2.93. The Bertz CT molecular complexity index is 903. The van der Waals surface area contributed by atoms with Crippen LogP contribution in [0.2, 0.25) is 0 Å². The lowest BCUT2D eigenvalue weighted by molar-refractivity contribution is -0.154. The molecule has 1 amide bonds. The molecule has 1 atom stereocenters. The van der Waals surface area contributed by atoms with Gasteiger partial charge in [0, 0.05) is 0 Å². The molecule has 0 radical (unpaired) electrons. The fourth-order valence-electron chi connectivity index (χ4n) is 2.12. The first-order valence-electron chi connectivity index (χ1n) is 8.17. The Morgan fingerprint density at radius 2 is 1.68 bits per heavy atom. The molecule has 0 bridgehead atoms. The molecule has 0 saturated carbocycles. The van der Waals surface area contributed by atoms with Gasteiger partial charge in [0.1, 0.15) is 5.82 Å². The third-order valence-corrected chi connectivity index (χ3v) is 4.75. The molecule has 0 aliphatic carbocycles. The van der Waals surface area contributed by atoms with Crippen LogP contribution < -0.4 is 10.2 Å². The lowest BCUT2D eigenvalue weighted by Gasteiger charge is -2.14. The van der Waals surface area contributed by atoms with E-state index in [1.807, 2.05) is 30.3 Å². The number of benzene rings is 2. The van der Waals surface area contributed by atoms with Gasteiger partial charge in [0.15, 0.2) is 13.2 Å². The maximum absolute atomic E-state index is 12.8. The van der Waals surface area contributed by atoms with Gasteiger partial charge in [-0.15, -0.1) is 0 Å². The molecule has 0 unspecified atom stereocenters. The van der Waals surface area contributed by atoms with Crippen molar-refractivity contribution >= 4 is 21.9 Å². The number of hydrogen-bond acceptors (Lipinski definition) is 6. The van der Waals surface area contributed by atoms with Gasteiger partial charge < -0.3 is 10.1 Å². The van der Waals surface area contributed by atoms with Gasteiger partial charge in [0.05, 0.1) is 10.9 Å². The van der Waals surface area contributed by atoms with Gasteiger partial charge in [0.25, 0.3) is 15.9 Å². The van der Waals surface area contributed by atoms with Crippen molar-refractivity contribution in [2.45, 2.75) is 17.9 Å². The minimum atomic E-state index is -4.08. The number of carbonyl (C=O) groups is 2. The molecule has 2 N–H and O–H groups in total. The molecule has 28 heavy (non-hydrogen) atoms. The van der Waals surface area contributed by atoms with E-state index in [-0.39, 0.29) is 10.9 Å². The van der Waals surface area contributed by atoms with Gasteiger partial charge in [0.2, 0.25) is 0 Å². The minimum absolute atomic E-state index is 0.239. The predicted molar refractivity (Wildman–Crippen MR) is 96.6 cm³/mol. The third-order valence-electron chi connectivity index (χ3n) is 3.52. The van der Waals surface area contributed by atoms with E-state index in [4.69, 9.17) is 4.74 Å². The maximum Gasteiger partial charge on any atom is 0.334 e. The highest BCUT2D eigenvalue weighted by Gasteiger charge is 2.16. The van der Waals surface area contributed by atoms with E-state index in [1.54, 1.807) is 11.8 Å². The van der Waals surface area contributed by atoms with Crippen LogP contribution in [0.25, 0.3) is 0 Å². The molecule has 0 fully saturated rings. The first kappa shape index (κ1) is 21.5. The number of nitrogens with one attached hydrogen (secondary N) is 2. The van der Waals surface area contributed by atoms with Gasteiger partial charge in [-0.05, 0) is 36.8 Å². The molecule has 150 valence electrons. The summed E-state index contributed by atoms with van der Waals surface area (Å²) in [6.45, 7) is 0.494. The zero-order chi connectivity index (χ0) is 20.6. The minimum Gasteiger partial charge on any atom is -0.454 e. The van der Waals surface area contributed by atoms with Crippen LogP contribution >= 0.6 is 0 Å². The molecular weight excluding hydrogens is 391 g/mol. The molecule has 2 aromatic rings. The molecule has 0 spiro atoms. The molecule has 2 rings (SSSR count). The van der Waals surface area contributed by atoms with E-state index in [0.717, 1.165) is 29.8 Å². The number of esters is 1. The van der Waals surface area contributed by atoms with Crippen molar-refractivity contribution in [3.63, 3.8) is 0 Å². The average Bonchev–Trinajstić information content (AvgIpc) is 2.67. The molecule has 0 saturated heterocycles. The zero-order valence-corrected chi connectivity index (χ0v) is 15.7. The van der Waals surface area contributed by atoms with Crippen molar-refractivity contribution in [3.8, 4) is 0 Å². The first-order valence-corrected chi connectivity index (χ1v) is 9.65. The summed E-state index contributed by atoms with van der Waals surface area (Å²) < 4.78 is 41.3. The highest BCUT2D eigenvalue weighted by Crippen LogP contribution is 2.11. The van der Waals surface area contributed by atoms with Gasteiger partial charge in [-0.3, -0.25) is 9.63 Å². The van der Waals surface area contributed by atoms with Crippen LogP contribution in [-0.2, 0) is 29.2 Å². The standard InChI is InChI=1S/C18H19FN2O6S/c1-13(14-5-3-2-4-6-14)20-17(22)11-26-18(23)12-27-21-28(24,25)16-9-7-15(19)8-10-16/h2-10,13,21H,11-12H2,1H3,(H,20,22)/t13-/m1/s1. The summed E-state index contributed by atoms with van der Waals surface area (Å²) in [7, 11) is -4.08. The van der Waals surface area contributed by atoms with Crippen LogP contribution in [0.3, 0.4) is 0 Å². The van der Waals surface area contributed by atoms with Crippen LogP contribution in [-0.4, -0.2) is 33.5 Å². The number of halogens is 1. The third kappa shape index (κ3) is 6.72. The SMILES string of the molecule is C[C@@H](NC(=O)COC(=O)CONS(=O)(=O)c1ccc(F)cc1)c1ccccc1. The normalized spacial score (nSPS) is 12.2. The second-order valence-electron chi connectivity index (χ2n) is 5.69. The Kier molecular flexibility index (Phi) is 7.61. The summed E-state index contributed by atoms with van der Waals surface area (Å²) in [6, 6.07) is 13.0. The van der Waals surface area contributed by atoms with Crippen LogP contribution in [0.1, 0.15) is 18.5 Å². The number of ether oxygens (including phenoxy) is 1. The number of sulfonamides is 1. The van der Waals surface area contributed by atoms with E-state index in [1.165, 1.54) is 0 Å². The van der Waals surface area contributed by atoms with Crippen molar-refractivity contribution in [2.75, 3.05) is 13.2 Å². The average molecular weight is 410 g/mol. The molecule has 2 aromatic carbocycles. The quantitative estimate of drug-likeness (QED) is 0.478. The molecule has 0 aliphatic heterocycles. The Hall–Kier alpha value is -2.82. The van der Waals surface area contributed by atoms with Crippen molar-refractivity contribution < 1.29 is 32.0 Å². The van der Waals surface area contributed by atoms with E-state index >= 15 is 0 Å². The Balaban J connectivity index is 1.71. The van der Waals surface area contributed by atoms with E-state index in [0.29, 0.717) is 0 Å². The highest BCUT2D eigenvalue weighted by atomic mass is 32.2. The molecular formula is C18H19FN2O6S. The van der Waals surface area contributed by atoms with Gasteiger partial charge >= 0.3 is 5.97 Å². The Labute approximate surface area is 161 Å². The Morgan fingerprint density at radius 1 is 1.04 bits per heavy atom. The molecule has 10 heteroatoms. The van der Waals surface area contributed by atoms with Crippen LogP contribution in [0.4, 0.5) is 4.39 Å². The smallest absolute Gasteiger partial charge is 0.334 e. The molecule has 0 heterocycles. The largest absolute Gasteiger partial charge is 0.454 e. The van der Waals surface area contributed by atoms with Crippen molar-refractivity contribution in [1.82, 2.24) is 10.2 Å². The molecule has 0 aromatic heterocycles. The fraction of sp³-hybridized carbons (Fsp3) is 0.222. The van der Waals surface area contributed by atoms with E-state index < -0.39 is 40.9 Å². The van der Waals surface area contributed by atoms with Crippen molar-refractivity contribution in [1.29, 1.82) is 0 Å². The first-order chi connectivity index (χ1) is 13.3. The summed E-state index contributed by atoms with van der Waals surface area (Å²) >= 11 is 0. The molecule has 0 aliphatic rings. The number of rotatable bonds is 9. The van der Waals surface area contributed by atoms with Gasteiger partial charge in [-0.1, -0.05) is 35.2 Å². The zero-order valence-electron chi connectivity index (χ0n) is 14.9. The number of amides is 1. The van der Waals surface area contributed by atoms with Crippen molar-refractivity contribution in [2.24, 2.45) is 0 Å². The predicted octanol–water partition coefficient (Wildman–Crippen LogP) is 1.46. The van der Waals surface area contributed by atoms with Crippen LogP contribution in [0.5, 0.6) is 0 Å². The van der Waals surface area contributed by atoms with Crippen molar-refractivity contribution in [3.05, 3.63) is 66.0 Å². The monoisotopic (exact) mass is 410 g/mol. The number of carbonyl (C=O) groups excluding carboxylic acids is 2. The topological polar surface area (TPSA) is 111 Å². The summed E-state index contributed by atoms with van der Waals surface area (Å²) in [5, 5.41) is 2.66. The van der Waals surface area contributed by atoms with Gasteiger partial charge in [-0.25, -0.2) is 17.6 Å². The van der Waals surface area contributed by atoms with E-state index in [9.17, 15) is 22.4 Å². The van der Waals surface area contributed by atoms with Crippen LogP contribution in [0.15, 0.2) is 59.5 Å². The summed E-state index contributed by atoms with van der Waals surface area (Å²) in [5.41, 5.74) is 0.890. The lowest BCUT2D eigenvalue weighted by atomic mass is 10.1. The van der Waals surface area contributed by atoms with E-state index in [2.05, 4.69) is 10.2 Å². The summed E-state index contributed by atoms with van der Waals surface area (Å²) in [5.74, 6) is -2.05. The summed E-state index contributed by atoms with van der Waals surface area (Å²) in [4.78, 5) is 29.4. The Morgan fingerprint density at radius 3 is 2.32 bits per heavy atom. The second-order valence-corrected chi connectivity index (χ2v) is 7.33. The second kappa shape index (κ2) is 9.93.